The van der Waals surface area contributed by atoms with Crippen LogP contribution in [-0.4, -0.2) is 29.1 Å². The standard InChI is InChI=1S/C22H15ClN2O4S/c1-2-29-21(28)20-16(12-8-4-3-5-9-12)24-22(30-20)25-17-15(23)18(26)13-10-6-7-11-14(13)19(17)27/h3-11H,2H2,1H3,(H,24,25). The first-order valence-electron chi connectivity index (χ1n) is 9.09. The van der Waals surface area contributed by atoms with Gasteiger partial charge in [0.05, 0.1) is 12.3 Å². The van der Waals surface area contributed by atoms with Gasteiger partial charge in [-0.3, -0.25) is 9.59 Å². The zero-order valence-corrected chi connectivity index (χ0v) is 17.3. The van der Waals surface area contributed by atoms with E-state index in [-0.39, 0.29) is 38.5 Å². The number of rotatable bonds is 5. The number of Topliss-reactive ketones (excluding diaryl/α,β-unsaturated/α-hetero) is 2. The summed E-state index contributed by atoms with van der Waals surface area (Å²) in [7, 11) is 0. The third kappa shape index (κ3) is 3.53. The average molecular weight is 439 g/mol. The van der Waals surface area contributed by atoms with Crippen LogP contribution in [0.3, 0.4) is 0 Å². The summed E-state index contributed by atoms with van der Waals surface area (Å²) in [5, 5.41) is 2.90. The van der Waals surface area contributed by atoms with E-state index in [1.807, 2.05) is 30.3 Å². The Morgan fingerprint density at radius 1 is 1.03 bits per heavy atom. The van der Waals surface area contributed by atoms with E-state index in [0.717, 1.165) is 16.9 Å². The molecule has 2 aromatic carbocycles. The summed E-state index contributed by atoms with van der Waals surface area (Å²) in [6.45, 7) is 1.93. The number of fused-ring (bicyclic) bond motifs is 1. The molecule has 4 rings (SSSR count). The maximum Gasteiger partial charge on any atom is 0.350 e. The Hall–Kier alpha value is -3.29. The molecule has 1 N–H and O–H groups in total. The number of carbonyl (C=O) groups is 3. The molecule has 150 valence electrons. The summed E-state index contributed by atoms with van der Waals surface area (Å²) >= 11 is 7.24. The highest BCUT2D eigenvalue weighted by atomic mass is 35.5. The van der Waals surface area contributed by atoms with Crippen molar-refractivity contribution < 1.29 is 19.1 Å². The number of hydrogen-bond donors (Lipinski definition) is 1. The summed E-state index contributed by atoms with van der Waals surface area (Å²) in [6, 6.07) is 15.6. The van der Waals surface area contributed by atoms with Crippen LogP contribution in [-0.2, 0) is 4.74 Å². The highest BCUT2D eigenvalue weighted by molar-refractivity contribution is 7.18. The molecule has 0 bridgehead atoms. The molecule has 30 heavy (non-hydrogen) atoms. The van der Waals surface area contributed by atoms with Crippen LogP contribution in [0.5, 0.6) is 0 Å². The first-order valence-corrected chi connectivity index (χ1v) is 10.3. The van der Waals surface area contributed by atoms with Crippen molar-refractivity contribution in [2.24, 2.45) is 0 Å². The van der Waals surface area contributed by atoms with E-state index in [9.17, 15) is 14.4 Å². The summed E-state index contributed by atoms with van der Waals surface area (Å²) in [5.41, 5.74) is 1.60. The Bertz CT molecular complexity index is 1200. The first-order chi connectivity index (χ1) is 14.5. The van der Waals surface area contributed by atoms with Crippen molar-refractivity contribution in [3.05, 3.63) is 81.3 Å². The molecule has 1 aliphatic carbocycles. The second-order valence-electron chi connectivity index (χ2n) is 6.30. The van der Waals surface area contributed by atoms with Crippen LogP contribution in [0.15, 0.2) is 65.3 Å². The summed E-state index contributed by atoms with van der Waals surface area (Å²) in [5.74, 6) is -1.37. The van der Waals surface area contributed by atoms with Gasteiger partial charge in [-0.05, 0) is 6.92 Å². The number of allylic oxidation sites excluding steroid dienone is 2. The molecule has 0 saturated carbocycles. The minimum Gasteiger partial charge on any atom is -0.462 e. The fourth-order valence-corrected chi connectivity index (χ4v) is 4.18. The van der Waals surface area contributed by atoms with Crippen LogP contribution in [0.4, 0.5) is 5.13 Å². The number of benzene rings is 2. The third-order valence-electron chi connectivity index (χ3n) is 4.43. The molecule has 8 heteroatoms. The molecule has 0 aliphatic heterocycles. The van der Waals surface area contributed by atoms with Gasteiger partial charge in [0, 0.05) is 16.7 Å². The average Bonchev–Trinajstić information content (AvgIpc) is 3.20. The molecular formula is C22H15ClN2O4S. The van der Waals surface area contributed by atoms with Gasteiger partial charge in [-0.1, -0.05) is 77.5 Å². The lowest BCUT2D eigenvalue weighted by molar-refractivity contribution is 0.0532. The van der Waals surface area contributed by atoms with Gasteiger partial charge in [0.2, 0.25) is 11.6 Å². The zero-order chi connectivity index (χ0) is 21.3. The third-order valence-corrected chi connectivity index (χ3v) is 5.74. The highest BCUT2D eigenvalue weighted by Crippen LogP contribution is 2.35. The number of ether oxygens (including phenoxy) is 1. The SMILES string of the molecule is CCOC(=O)c1sc(NC2=C(Cl)C(=O)c3ccccc3C2=O)nc1-c1ccccc1. The Morgan fingerprint density at radius 3 is 2.33 bits per heavy atom. The maximum atomic E-state index is 12.9. The summed E-state index contributed by atoms with van der Waals surface area (Å²) in [6.07, 6.45) is 0. The van der Waals surface area contributed by atoms with Crippen LogP contribution < -0.4 is 5.32 Å². The molecule has 1 aliphatic rings. The molecule has 0 atom stereocenters. The van der Waals surface area contributed by atoms with Crippen LogP contribution in [0.1, 0.15) is 37.3 Å². The molecule has 0 radical (unpaired) electrons. The molecule has 0 spiro atoms. The van der Waals surface area contributed by atoms with Gasteiger partial charge in [-0.2, -0.15) is 0 Å². The number of ketones is 2. The van der Waals surface area contributed by atoms with E-state index >= 15 is 0 Å². The number of esters is 1. The number of thiazole rings is 1. The van der Waals surface area contributed by atoms with E-state index in [1.165, 1.54) is 0 Å². The van der Waals surface area contributed by atoms with Gasteiger partial charge in [0.1, 0.15) is 15.6 Å². The molecule has 1 aromatic heterocycles. The number of nitrogens with one attached hydrogen (secondary N) is 1. The van der Waals surface area contributed by atoms with Crippen molar-refractivity contribution >= 4 is 45.6 Å². The lowest BCUT2D eigenvalue weighted by Gasteiger charge is -2.17. The Balaban J connectivity index is 1.75. The number of nitrogens with zero attached hydrogens (tertiary/aromatic N) is 1. The van der Waals surface area contributed by atoms with Gasteiger partial charge >= 0.3 is 5.97 Å². The minimum atomic E-state index is -0.515. The van der Waals surface area contributed by atoms with Crippen molar-refractivity contribution in [2.45, 2.75) is 6.92 Å². The lowest BCUT2D eigenvalue weighted by Crippen LogP contribution is -2.24. The quantitative estimate of drug-likeness (QED) is 0.568. The van der Waals surface area contributed by atoms with Gasteiger partial charge < -0.3 is 10.1 Å². The Morgan fingerprint density at radius 2 is 1.67 bits per heavy atom. The van der Waals surface area contributed by atoms with Gasteiger partial charge in [0.25, 0.3) is 0 Å². The van der Waals surface area contributed by atoms with E-state index in [0.29, 0.717) is 5.69 Å². The van der Waals surface area contributed by atoms with Crippen molar-refractivity contribution in [1.82, 2.24) is 4.98 Å². The monoisotopic (exact) mass is 438 g/mol. The van der Waals surface area contributed by atoms with Crippen LogP contribution in [0.25, 0.3) is 11.3 Å². The van der Waals surface area contributed by atoms with Gasteiger partial charge in [-0.25, -0.2) is 9.78 Å². The number of anilines is 1. The first kappa shape index (κ1) is 20.0. The number of aromatic nitrogens is 1. The van der Waals surface area contributed by atoms with E-state index in [1.54, 1.807) is 31.2 Å². The molecule has 3 aromatic rings. The highest BCUT2D eigenvalue weighted by Gasteiger charge is 2.32. The molecule has 0 amide bonds. The predicted molar refractivity (Wildman–Crippen MR) is 115 cm³/mol. The second kappa shape index (κ2) is 8.22. The second-order valence-corrected chi connectivity index (χ2v) is 7.68. The smallest absolute Gasteiger partial charge is 0.350 e. The molecule has 0 fully saturated rings. The van der Waals surface area contributed by atoms with Crippen LogP contribution in [0, 0.1) is 0 Å². The summed E-state index contributed by atoms with van der Waals surface area (Å²) in [4.78, 5) is 42.7. The van der Waals surface area contributed by atoms with Gasteiger partial charge in [-0.15, -0.1) is 0 Å². The van der Waals surface area contributed by atoms with Crippen LogP contribution >= 0.6 is 22.9 Å². The fraction of sp³-hybridized carbons (Fsp3) is 0.0909. The molecule has 0 unspecified atom stereocenters. The number of hydrogen-bond acceptors (Lipinski definition) is 7. The maximum absolute atomic E-state index is 12.9. The van der Waals surface area contributed by atoms with Crippen LogP contribution in [0.2, 0.25) is 0 Å². The molecule has 1 heterocycles. The van der Waals surface area contributed by atoms with E-state index < -0.39 is 17.5 Å². The van der Waals surface area contributed by atoms with E-state index in [2.05, 4.69) is 10.3 Å². The largest absolute Gasteiger partial charge is 0.462 e. The molecular weight excluding hydrogens is 424 g/mol. The van der Waals surface area contributed by atoms with Crippen molar-refractivity contribution in [3.8, 4) is 11.3 Å². The molecule has 6 nitrogen and oxygen atoms in total. The zero-order valence-electron chi connectivity index (χ0n) is 15.8. The summed E-state index contributed by atoms with van der Waals surface area (Å²) < 4.78 is 5.14. The Kier molecular flexibility index (Phi) is 5.48. The Labute approximate surface area is 181 Å². The van der Waals surface area contributed by atoms with Crippen molar-refractivity contribution in [3.63, 3.8) is 0 Å². The normalized spacial score (nSPS) is 13.3. The fourth-order valence-electron chi connectivity index (χ4n) is 3.06. The van der Waals surface area contributed by atoms with E-state index in [4.69, 9.17) is 16.3 Å². The minimum absolute atomic E-state index is 0.0656. The topological polar surface area (TPSA) is 85.4 Å². The lowest BCUT2D eigenvalue weighted by atomic mass is 9.92. The predicted octanol–water partition coefficient (Wildman–Crippen LogP) is 4.93. The van der Waals surface area contributed by atoms with Gasteiger partial charge in [0.15, 0.2) is 5.13 Å². The van der Waals surface area contributed by atoms with Crippen molar-refractivity contribution in [1.29, 1.82) is 0 Å². The molecule has 0 saturated heterocycles. The van der Waals surface area contributed by atoms with Crippen molar-refractivity contribution in [2.75, 3.05) is 11.9 Å². The number of halogens is 1. The number of carbonyl (C=O) groups excluding carboxylic acids is 3.